The number of rotatable bonds is 21. The zero-order valence-electron chi connectivity index (χ0n) is 23.3. The van der Waals surface area contributed by atoms with Crippen LogP contribution in [0.3, 0.4) is 0 Å². The van der Waals surface area contributed by atoms with Crippen LogP contribution in [0.4, 0.5) is 0 Å². The molecular formula is C27H36N6O9-6. The Hall–Kier alpha value is -4.08. The van der Waals surface area contributed by atoms with E-state index in [1.807, 2.05) is 0 Å². The number of hydrogen-bond donors (Lipinski definition) is 3. The van der Waals surface area contributed by atoms with E-state index in [1.165, 1.54) is 0 Å². The Labute approximate surface area is 244 Å². The molecule has 1 aromatic rings. The van der Waals surface area contributed by atoms with Crippen LogP contribution in [0.25, 0.3) is 0 Å². The molecule has 0 saturated heterocycles. The first kappa shape index (κ1) is 35.9. The molecule has 1 rings (SSSR count). The summed E-state index contributed by atoms with van der Waals surface area (Å²) in [7, 11) is 0. The van der Waals surface area contributed by atoms with Crippen molar-refractivity contribution in [1.29, 1.82) is 0 Å². The fourth-order valence-corrected chi connectivity index (χ4v) is 3.32. The van der Waals surface area contributed by atoms with Gasteiger partial charge in [-0.25, -0.2) is 0 Å². The van der Waals surface area contributed by atoms with E-state index < -0.39 is 35.4 Å². The van der Waals surface area contributed by atoms with Gasteiger partial charge in [0.15, 0.2) is 0 Å². The minimum atomic E-state index is -1.06. The molecule has 0 atom stereocenters. The number of nitrogens with zero attached hydrogens (tertiary/aromatic N) is 6. The van der Waals surface area contributed by atoms with Crippen LogP contribution < -0.4 is 30.6 Å². The van der Waals surface area contributed by atoms with Gasteiger partial charge < -0.3 is 46.0 Å². The quantitative estimate of drug-likeness (QED) is 0.0560. The highest BCUT2D eigenvalue weighted by molar-refractivity contribution is 6.01. The molecule has 1 aromatic carbocycles. The fraction of sp³-hybridized carbons (Fsp3) is 0.556. The minimum Gasteiger partial charge on any atom is -0.860 e. The van der Waals surface area contributed by atoms with Gasteiger partial charge in [-0.05, 0) is 110 Å². The molecule has 0 spiro atoms. The van der Waals surface area contributed by atoms with Crippen molar-refractivity contribution in [3.63, 3.8) is 0 Å². The monoisotopic (exact) mass is 588 g/mol. The number of hydrogen-bond acceptors (Lipinski definition) is 15. The molecule has 0 aliphatic rings. The number of aliphatic hydroxyl groups is 3. The first-order chi connectivity index (χ1) is 20.2. The Balaban J connectivity index is 3.30. The molecule has 0 fully saturated rings. The van der Waals surface area contributed by atoms with Gasteiger partial charge in [-0.1, -0.05) is 19.3 Å². The van der Waals surface area contributed by atoms with E-state index in [1.54, 1.807) is 0 Å². The van der Waals surface area contributed by atoms with Crippen molar-refractivity contribution in [2.75, 3.05) is 19.8 Å². The van der Waals surface area contributed by atoms with Gasteiger partial charge in [-0.2, -0.15) is 30.6 Å². The Morgan fingerprint density at radius 2 is 0.667 bits per heavy atom. The molecule has 0 radical (unpaired) electrons. The molecule has 0 amide bonds. The van der Waals surface area contributed by atoms with Gasteiger partial charge in [-0.3, -0.25) is 0 Å². The molecule has 0 aromatic heterocycles. The molecule has 3 N–H and O–H groups in total. The molecule has 0 saturated carbocycles. The standard InChI is InChI=1S/C27H42N6O9/c34-13-7-1-4-10-22(37)28-31-25(40)19-16-20(26(41)32-29-23(38)11-5-2-8-14-35)18-21(17-19)27(42)33-30-24(39)12-6-3-9-15-36/h16-18,34-36H,1-15H2,(H,28,37)(H,29,38)(H,30,39)(H,31,40)(H,32,41)(H,33,42)/p-6. The highest BCUT2D eigenvalue weighted by Crippen LogP contribution is 2.12. The average molecular weight is 589 g/mol. The first-order valence-electron chi connectivity index (χ1n) is 13.7. The van der Waals surface area contributed by atoms with Crippen molar-refractivity contribution in [1.82, 2.24) is 0 Å². The second-order valence-corrected chi connectivity index (χ2v) is 9.10. The Morgan fingerprint density at radius 1 is 0.405 bits per heavy atom. The lowest BCUT2D eigenvalue weighted by Gasteiger charge is -2.19. The third kappa shape index (κ3) is 15.6. The third-order valence-corrected chi connectivity index (χ3v) is 5.58. The normalized spacial score (nSPS) is 14.1. The summed E-state index contributed by atoms with van der Waals surface area (Å²) < 4.78 is 0. The lowest BCUT2D eigenvalue weighted by molar-refractivity contribution is -0.221. The number of unbranched alkanes of at least 4 members (excludes halogenated alkanes) is 6. The molecule has 234 valence electrons. The third-order valence-electron chi connectivity index (χ3n) is 5.58. The number of benzene rings is 1. The highest BCUT2D eigenvalue weighted by atomic mass is 16.3. The van der Waals surface area contributed by atoms with Crippen LogP contribution in [0, 0.1) is 0 Å². The molecule has 15 heteroatoms. The highest BCUT2D eigenvalue weighted by Gasteiger charge is 2.04. The lowest BCUT2D eigenvalue weighted by Crippen LogP contribution is -2.26. The van der Waals surface area contributed by atoms with Crippen LogP contribution in [-0.2, 0) is 0 Å². The fourth-order valence-electron chi connectivity index (χ4n) is 3.32. The van der Waals surface area contributed by atoms with E-state index in [-0.39, 0.29) is 55.8 Å². The smallest absolute Gasteiger partial charge is 0.0431 e. The Kier molecular flexibility index (Phi) is 18.5. The van der Waals surface area contributed by atoms with E-state index in [0.717, 1.165) is 18.2 Å². The zero-order valence-corrected chi connectivity index (χ0v) is 23.3. The molecule has 0 unspecified atom stereocenters. The average Bonchev–Trinajstić information content (AvgIpc) is 2.99. The van der Waals surface area contributed by atoms with Gasteiger partial charge in [0.2, 0.25) is 0 Å². The van der Waals surface area contributed by atoms with Crippen molar-refractivity contribution < 1.29 is 46.0 Å². The van der Waals surface area contributed by atoms with Gasteiger partial charge >= 0.3 is 0 Å². The summed E-state index contributed by atoms with van der Waals surface area (Å²) in [6.45, 7) is -0.0386. The van der Waals surface area contributed by atoms with E-state index in [2.05, 4.69) is 30.6 Å². The molecule has 15 nitrogen and oxygen atoms in total. The van der Waals surface area contributed by atoms with Crippen LogP contribution >= 0.6 is 0 Å². The predicted octanol–water partition coefficient (Wildman–Crippen LogP) is -3.31. The summed E-state index contributed by atoms with van der Waals surface area (Å²) in [5, 5.41) is 120. The Morgan fingerprint density at radius 3 is 0.905 bits per heavy atom. The van der Waals surface area contributed by atoms with Crippen LogP contribution in [-0.4, -0.2) is 70.5 Å². The van der Waals surface area contributed by atoms with Crippen molar-refractivity contribution in [3.8, 4) is 0 Å². The van der Waals surface area contributed by atoms with Gasteiger partial charge in [-0.15, -0.1) is 0 Å². The van der Waals surface area contributed by atoms with Gasteiger partial charge in [0.25, 0.3) is 0 Å². The van der Waals surface area contributed by atoms with Crippen molar-refractivity contribution >= 4 is 35.4 Å². The second-order valence-electron chi connectivity index (χ2n) is 9.10. The molecule has 0 aliphatic heterocycles. The van der Waals surface area contributed by atoms with Crippen molar-refractivity contribution in [3.05, 3.63) is 34.9 Å². The van der Waals surface area contributed by atoms with E-state index in [0.29, 0.717) is 57.8 Å². The molecule has 0 bridgehead atoms. The summed E-state index contributed by atoms with van der Waals surface area (Å²) in [5.41, 5.74) is -0.966. The van der Waals surface area contributed by atoms with Crippen LogP contribution in [0.15, 0.2) is 48.8 Å². The summed E-state index contributed by atoms with van der Waals surface area (Å²) in [6, 6.07) is 3.08. The zero-order chi connectivity index (χ0) is 31.2. The summed E-state index contributed by atoms with van der Waals surface area (Å²) in [6.07, 6.45) is 4.61. The van der Waals surface area contributed by atoms with E-state index in [4.69, 9.17) is 15.3 Å². The second kappa shape index (κ2) is 21.6. The van der Waals surface area contributed by atoms with Crippen LogP contribution in [0.1, 0.15) is 93.7 Å². The van der Waals surface area contributed by atoms with Crippen LogP contribution in [0.5, 0.6) is 0 Å². The predicted molar refractivity (Wildman–Crippen MR) is 145 cm³/mol. The maximum Gasteiger partial charge on any atom is 0.0431 e. The van der Waals surface area contributed by atoms with E-state index in [9.17, 15) is 30.6 Å². The maximum absolute atomic E-state index is 12.6. The molecular weight excluding hydrogens is 552 g/mol. The van der Waals surface area contributed by atoms with Gasteiger partial charge in [0.1, 0.15) is 0 Å². The Bertz CT molecular complexity index is 983. The summed E-state index contributed by atoms with van der Waals surface area (Å²) in [4.78, 5) is 0. The lowest BCUT2D eigenvalue weighted by atomic mass is 10.1. The molecule has 0 heterocycles. The summed E-state index contributed by atoms with van der Waals surface area (Å²) in [5.74, 6) is -5.21. The van der Waals surface area contributed by atoms with Crippen LogP contribution in [0.2, 0.25) is 0 Å². The van der Waals surface area contributed by atoms with Gasteiger partial charge in [0, 0.05) is 37.5 Å². The topological polar surface area (TPSA) is 273 Å². The first-order valence-corrected chi connectivity index (χ1v) is 13.7. The van der Waals surface area contributed by atoms with Crippen molar-refractivity contribution in [2.24, 2.45) is 30.6 Å². The largest absolute Gasteiger partial charge is 0.860 e. The van der Waals surface area contributed by atoms with Crippen molar-refractivity contribution in [2.45, 2.75) is 77.0 Å². The maximum atomic E-state index is 12.6. The minimum absolute atomic E-state index is 0.00185. The van der Waals surface area contributed by atoms with E-state index >= 15 is 0 Å². The van der Waals surface area contributed by atoms with Gasteiger partial charge in [0.05, 0.1) is 0 Å². The molecule has 42 heavy (non-hydrogen) atoms. The summed E-state index contributed by atoms with van der Waals surface area (Å²) >= 11 is 0. The number of aliphatic hydroxyl groups excluding tert-OH is 3. The SMILES string of the molecule is [O-]/C(CCCCCO)=N\N=C(/[O-])c1cc(/C([O-])=N/N=C(\[O-])CCCCCO)cc(/C([O-])=N/N=C(\[O-])CCCCCO)c1. The molecule has 0 aliphatic carbocycles.